The molecule has 1 spiro atoms. The first-order chi connectivity index (χ1) is 15.0. The van der Waals surface area contributed by atoms with Gasteiger partial charge in [0, 0.05) is 24.7 Å². The van der Waals surface area contributed by atoms with Crippen LogP contribution in [0.5, 0.6) is 0 Å². The molecule has 6 heteroatoms. The molecular weight excluding hydrogens is 390 g/mol. The van der Waals surface area contributed by atoms with Crippen molar-refractivity contribution in [3.63, 3.8) is 0 Å². The molecule has 154 valence electrons. The first kappa shape index (κ1) is 19.2. The lowest BCUT2D eigenvalue weighted by Gasteiger charge is -2.42. The van der Waals surface area contributed by atoms with Crippen molar-refractivity contribution in [2.24, 2.45) is 5.10 Å². The molecule has 5 rings (SSSR count). The number of nitrogens with zero attached hydrogens (tertiary/aromatic N) is 3. The van der Waals surface area contributed by atoms with Crippen molar-refractivity contribution in [1.82, 2.24) is 5.01 Å². The fraction of sp³-hybridized carbons (Fsp3) is 0.200. The highest BCUT2D eigenvalue weighted by molar-refractivity contribution is 6.16. The van der Waals surface area contributed by atoms with E-state index in [1.54, 1.807) is 12.1 Å². The Hall–Kier alpha value is -3.80. The highest BCUT2D eigenvalue weighted by Crippen LogP contribution is 2.48. The first-order valence-corrected chi connectivity index (χ1v) is 10.3. The summed E-state index contributed by atoms with van der Waals surface area (Å²) in [7, 11) is 1.86. The van der Waals surface area contributed by atoms with Crippen molar-refractivity contribution < 1.29 is 9.72 Å². The SMILES string of the molecule is CN1N=C(c2ccc([N+](=O)[O-])cc2)[C@@H](c2ccccc2)[C@@]12CCc1ccccc1C2=O. The Balaban J connectivity index is 1.67. The van der Waals surface area contributed by atoms with Gasteiger partial charge in [-0.25, -0.2) is 0 Å². The van der Waals surface area contributed by atoms with Gasteiger partial charge in [-0.15, -0.1) is 0 Å². The van der Waals surface area contributed by atoms with Crippen LogP contribution < -0.4 is 0 Å². The Morgan fingerprint density at radius 3 is 2.39 bits per heavy atom. The fourth-order valence-electron chi connectivity index (χ4n) is 4.99. The van der Waals surface area contributed by atoms with E-state index in [2.05, 4.69) is 0 Å². The minimum atomic E-state index is -0.827. The van der Waals surface area contributed by atoms with Crippen LogP contribution >= 0.6 is 0 Å². The molecule has 0 bridgehead atoms. The molecule has 2 atom stereocenters. The quantitative estimate of drug-likeness (QED) is 0.466. The summed E-state index contributed by atoms with van der Waals surface area (Å²) in [6.07, 6.45) is 1.44. The molecule has 3 aromatic carbocycles. The number of benzene rings is 3. The van der Waals surface area contributed by atoms with Gasteiger partial charge in [-0.2, -0.15) is 5.10 Å². The van der Waals surface area contributed by atoms with Crippen LogP contribution in [-0.2, 0) is 6.42 Å². The lowest BCUT2D eigenvalue weighted by molar-refractivity contribution is -0.384. The molecular formula is C25H21N3O3. The third-order valence-electron chi connectivity index (χ3n) is 6.52. The number of carbonyl (C=O) groups is 1. The number of hydrazone groups is 1. The third-order valence-corrected chi connectivity index (χ3v) is 6.52. The maximum atomic E-state index is 14.0. The Morgan fingerprint density at radius 2 is 1.68 bits per heavy atom. The van der Waals surface area contributed by atoms with E-state index < -0.39 is 10.5 Å². The monoisotopic (exact) mass is 411 g/mol. The maximum absolute atomic E-state index is 14.0. The van der Waals surface area contributed by atoms with Gasteiger partial charge in [0.2, 0.25) is 0 Å². The number of rotatable bonds is 3. The van der Waals surface area contributed by atoms with Gasteiger partial charge in [0.1, 0.15) is 5.54 Å². The van der Waals surface area contributed by atoms with E-state index in [0.717, 1.165) is 34.4 Å². The zero-order valence-electron chi connectivity index (χ0n) is 17.1. The van der Waals surface area contributed by atoms with Crippen molar-refractivity contribution >= 4 is 17.2 Å². The standard InChI is InChI=1S/C25H21N3O3/c1-27-25(16-15-17-7-5-6-10-21(17)24(25)29)22(18-8-3-2-4-9-18)23(26-27)19-11-13-20(14-12-19)28(30)31/h2-14,22H,15-16H2,1H3/t22-,25-/m1/s1. The molecule has 31 heavy (non-hydrogen) atoms. The molecule has 1 aliphatic heterocycles. The molecule has 1 aliphatic carbocycles. The van der Waals surface area contributed by atoms with E-state index in [-0.39, 0.29) is 17.4 Å². The van der Waals surface area contributed by atoms with Crippen LogP contribution in [-0.4, -0.2) is 34.0 Å². The zero-order chi connectivity index (χ0) is 21.6. The molecule has 0 saturated carbocycles. The normalized spacial score (nSPS) is 22.4. The van der Waals surface area contributed by atoms with Gasteiger partial charge in [0.05, 0.1) is 16.6 Å². The second-order valence-electron chi connectivity index (χ2n) is 8.07. The molecule has 2 aliphatic rings. The predicted molar refractivity (Wildman–Crippen MR) is 118 cm³/mol. The molecule has 0 N–H and O–H groups in total. The molecule has 3 aromatic rings. The van der Waals surface area contributed by atoms with Gasteiger partial charge in [0.25, 0.3) is 5.69 Å². The van der Waals surface area contributed by atoms with Crippen molar-refractivity contribution in [3.05, 3.63) is 111 Å². The third kappa shape index (κ3) is 2.86. The number of hydrogen-bond acceptors (Lipinski definition) is 5. The number of non-ortho nitro benzene ring substituents is 1. The first-order valence-electron chi connectivity index (χ1n) is 10.3. The number of nitro benzene ring substituents is 1. The maximum Gasteiger partial charge on any atom is 0.269 e. The molecule has 0 aromatic heterocycles. The lowest BCUT2D eigenvalue weighted by Crippen LogP contribution is -2.55. The second-order valence-corrected chi connectivity index (χ2v) is 8.07. The molecule has 1 heterocycles. The van der Waals surface area contributed by atoms with E-state index in [1.807, 2.05) is 66.7 Å². The molecule has 0 unspecified atom stereocenters. The highest BCUT2D eigenvalue weighted by Gasteiger charge is 2.57. The minimum Gasteiger partial charge on any atom is -0.291 e. The average Bonchev–Trinajstić information content (AvgIpc) is 3.10. The van der Waals surface area contributed by atoms with Gasteiger partial charge in [-0.05, 0) is 41.7 Å². The molecule has 0 saturated heterocycles. The molecule has 0 amide bonds. The predicted octanol–water partition coefficient (Wildman–Crippen LogP) is 4.60. The Bertz CT molecular complexity index is 1200. The summed E-state index contributed by atoms with van der Waals surface area (Å²) in [5.41, 5.74) is 3.59. The molecule has 0 fully saturated rings. The van der Waals surface area contributed by atoms with Gasteiger partial charge >= 0.3 is 0 Å². The van der Waals surface area contributed by atoms with Crippen LogP contribution in [0.15, 0.2) is 84.0 Å². The summed E-state index contributed by atoms with van der Waals surface area (Å²) >= 11 is 0. The van der Waals surface area contributed by atoms with E-state index in [1.165, 1.54) is 12.1 Å². The number of fused-ring (bicyclic) bond motifs is 1. The van der Waals surface area contributed by atoms with Crippen molar-refractivity contribution in [2.75, 3.05) is 7.05 Å². The van der Waals surface area contributed by atoms with Crippen molar-refractivity contribution in [2.45, 2.75) is 24.3 Å². The highest BCUT2D eigenvalue weighted by atomic mass is 16.6. The van der Waals surface area contributed by atoms with E-state index in [9.17, 15) is 14.9 Å². The van der Waals surface area contributed by atoms with Crippen LogP contribution in [0.2, 0.25) is 0 Å². The zero-order valence-corrected chi connectivity index (χ0v) is 17.1. The second kappa shape index (κ2) is 7.16. The molecule has 6 nitrogen and oxygen atoms in total. The number of likely N-dealkylation sites (N-methyl/N-ethyl adjacent to an activating group) is 1. The summed E-state index contributed by atoms with van der Waals surface area (Å²) < 4.78 is 0. The summed E-state index contributed by atoms with van der Waals surface area (Å²) in [6.45, 7) is 0. The summed E-state index contributed by atoms with van der Waals surface area (Å²) in [4.78, 5) is 24.6. The Kier molecular flexibility index (Phi) is 4.43. The van der Waals surface area contributed by atoms with Crippen LogP contribution in [0.3, 0.4) is 0 Å². The van der Waals surface area contributed by atoms with Gasteiger partial charge in [-0.1, -0.05) is 54.6 Å². The number of Topliss-reactive ketones (excluding diaryl/α,β-unsaturated/α-hetero) is 1. The van der Waals surface area contributed by atoms with Gasteiger partial charge < -0.3 is 0 Å². The molecule has 0 radical (unpaired) electrons. The summed E-state index contributed by atoms with van der Waals surface area (Å²) in [5, 5.41) is 17.8. The van der Waals surface area contributed by atoms with Gasteiger partial charge in [-0.3, -0.25) is 19.9 Å². The summed E-state index contributed by atoms with van der Waals surface area (Å²) in [5.74, 6) is -0.202. The smallest absolute Gasteiger partial charge is 0.269 e. The van der Waals surface area contributed by atoms with Gasteiger partial charge in [0.15, 0.2) is 5.78 Å². The number of hydrogen-bond donors (Lipinski definition) is 0. The van der Waals surface area contributed by atoms with E-state index in [0.29, 0.717) is 6.42 Å². The van der Waals surface area contributed by atoms with Crippen LogP contribution in [0.25, 0.3) is 0 Å². The van der Waals surface area contributed by atoms with E-state index >= 15 is 0 Å². The fourth-order valence-corrected chi connectivity index (χ4v) is 4.99. The van der Waals surface area contributed by atoms with Crippen LogP contribution in [0.4, 0.5) is 5.69 Å². The summed E-state index contributed by atoms with van der Waals surface area (Å²) in [6, 6.07) is 24.2. The minimum absolute atomic E-state index is 0.0318. The average molecular weight is 411 g/mol. The Labute approximate surface area is 180 Å². The number of nitro groups is 1. The Morgan fingerprint density at radius 1 is 1.00 bits per heavy atom. The van der Waals surface area contributed by atoms with Crippen molar-refractivity contribution in [3.8, 4) is 0 Å². The number of ketones is 1. The van der Waals surface area contributed by atoms with E-state index in [4.69, 9.17) is 5.10 Å². The topological polar surface area (TPSA) is 75.8 Å². The van der Waals surface area contributed by atoms with Crippen molar-refractivity contribution in [1.29, 1.82) is 0 Å². The number of carbonyl (C=O) groups excluding carboxylic acids is 1. The largest absolute Gasteiger partial charge is 0.291 e. The van der Waals surface area contributed by atoms with Crippen LogP contribution in [0, 0.1) is 10.1 Å². The van der Waals surface area contributed by atoms with Crippen LogP contribution in [0.1, 0.15) is 39.4 Å². The number of aryl methyl sites for hydroxylation is 1. The lowest BCUT2D eigenvalue weighted by atomic mass is 9.66.